The van der Waals surface area contributed by atoms with Crippen LogP contribution in [0.25, 0.3) is 11.0 Å². The van der Waals surface area contributed by atoms with E-state index in [-0.39, 0.29) is 33.5 Å². The molecule has 8 nitrogen and oxygen atoms in total. The molecular weight excluding hydrogens is 487 g/mol. The topological polar surface area (TPSA) is 110 Å². The van der Waals surface area contributed by atoms with Crippen molar-refractivity contribution in [1.82, 2.24) is 4.98 Å². The van der Waals surface area contributed by atoms with Gasteiger partial charge in [-0.1, -0.05) is 47.7 Å². The van der Waals surface area contributed by atoms with Crippen LogP contribution in [0.2, 0.25) is 0 Å². The van der Waals surface area contributed by atoms with Gasteiger partial charge in [0.2, 0.25) is 5.78 Å². The second kappa shape index (κ2) is 9.04. The Morgan fingerprint density at radius 3 is 2.64 bits per heavy atom. The fraction of sp³-hybridized carbons (Fsp3) is 0.154. The van der Waals surface area contributed by atoms with Gasteiger partial charge in [-0.15, -0.1) is 0 Å². The van der Waals surface area contributed by atoms with Gasteiger partial charge in [-0.2, -0.15) is 0 Å². The summed E-state index contributed by atoms with van der Waals surface area (Å²) in [6, 6.07) is 12.7. The van der Waals surface area contributed by atoms with Crippen LogP contribution in [-0.2, 0) is 9.53 Å². The number of thiazole rings is 1. The zero-order chi connectivity index (χ0) is 25.6. The third kappa shape index (κ3) is 3.75. The molecule has 0 aliphatic carbocycles. The number of nitrogens with zero attached hydrogens (tertiary/aromatic N) is 2. The molecule has 4 aromatic rings. The van der Waals surface area contributed by atoms with E-state index in [0.29, 0.717) is 16.7 Å². The van der Waals surface area contributed by atoms with E-state index in [4.69, 9.17) is 9.15 Å². The lowest BCUT2D eigenvalue weighted by molar-refractivity contribution is -0.117. The molecule has 0 saturated carbocycles. The maximum Gasteiger partial charge on any atom is 0.350 e. The molecule has 10 heteroatoms. The summed E-state index contributed by atoms with van der Waals surface area (Å²) in [6.07, 6.45) is 0. The Labute approximate surface area is 208 Å². The van der Waals surface area contributed by atoms with E-state index < -0.39 is 35.3 Å². The smallest absolute Gasteiger partial charge is 0.350 e. The number of carbonyl (C=O) groups excluding carboxylic acids is 3. The first-order chi connectivity index (χ1) is 17.3. The van der Waals surface area contributed by atoms with E-state index in [1.165, 1.54) is 24.3 Å². The molecule has 3 heterocycles. The van der Waals surface area contributed by atoms with Crippen LogP contribution in [0.4, 0.5) is 9.52 Å². The standard InChI is InChI=1S/C26H19FN2O6S/c1-3-34-25(33)23-13(2)28-26(36-23)29-20(15-9-5-6-10-16(15)27)19(22(31)24(29)32)21(30)18-12-14-8-4-7-11-17(14)35-18/h4-12,20,31H,3H2,1-2H3. The van der Waals surface area contributed by atoms with Crippen molar-refractivity contribution in [1.29, 1.82) is 0 Å². The average molecular weight is 507 g/mol. The van der Waals surface area contributed by atoms with Gasteiger partial charge in [0.25, 0.3) is 5.91 Å². The van der Waals surface area contributed by atoms with E-state index in [0.717, 1.165) is 16.2 Å². The SMILES string of the molecule is CCOC(=O)c1sc(N2C(=O)C(O)=C(C(=O)c3cc4ccccc4o3)C2c2ccccc2F)nc1C. The molecule has 1 aliphatic rings. The molecule has 0 saturated heterocycles. The van der Waals surface area contributed by atoms with E-state index in [1.807, 2.05) is 0 Å². The molecule has 2 aromatic carbocycles. The van der Waals surface area contributed by atoms with Gasteiger partial charge in [-0.05, 0) is 32.0 Å². The van der Waals surface area contributed by atoms with Gasteiger partial charge in [0.05, 0.1) is 17.9 Å². The highest BCUT2D eigenvalue weighted by Gasteiger charge is 2.47. The number of ether oxygens (including phenoxy) is 1. The van der Waals surface area contributed by atoms with E-state index in [1.54, 1.807) is 44.2 Å². The van der Waals surface area contributed by atoms with Crippen LogP contribution < -0.4 is 4.90 Å². The molecule has 1 aliphatic heterocycles. The van der Waals surface area contributed by atoms with Crippen molar-refractivity contribution in [2.45, 2.75) is 19.9 Å². The first-order valence-corrected chi connectivity index (χ1v) is 11.8. The van der Waals surface area contributed by atoms with E-state index in [2.05, 4.69) is 4.98 Å². The highest BCUT2D eigenvalue weighted by molar-refractivity contribution is 7.17. The lowest BCUT2D eigenvalue weighted by Gasteiger charge is -2.24. The number of amides is 1. The number of aliphatic hydroxyl groups excluding tert-OH is 1. The number of benzene rings is 2. The summed E-state index contributed by atoms with van der Waals surface area (Å²) in [5.41, 5.74) is 0.360. The van der Waals surface area contributed by atoms with Crippen LogP contribution in [0, 0.1) is 12.7 Å². The minimum absolute atomic E-state index is 0.00719. The van der Waals surface area contributed by atoms with Gasteiger partial charge in [0.15, 0.2) is 16.7 Å². The lowest BCUT2D eigenvalue weighted by atomic mass is 9.95. The number of hydrogen-bond acceptors (Lipinski definition) is 8. The Balaban J connectivity index is 1.65. The molecule has 1 unspecified atom stereocenters. The number of furan rings is 1. The molecule has 0 fully saturated rings. The van der Waals surface area contributed by atoms with Gasteiger partial charge >= 0.3 is 5.97 Å². The molecule has 5 rings (SSSR count). The number of para-hydroxylation sites is 1. The fourth-order valence-corrected chi connectivity index (χ4v) is 5.11. The molecule has 0 bridgehead atoms. The zero-order valence-electron chi connectivity index (χ0n) is 19.1. The summed E-state index contributed by atoms with van der Waals surface area (Å²) in [4.78, 5) is 44.7. The number of aryl methyl sites for hydroxylation is 1. The molecule has 0 spiro atoms. The summed E-state index contributed by atoms with van der Waals surface area (Å²) in [5.74, 6) is -4.00. The van der Waals surface area contributed by atoms with Crippen LogP contribution in [0.15, 0.2) is 70.3 Å². The minimum atomic E-state index is -1.35. The predicted octanol–water partition coefficient (Wildman–Crippen LogP) is 5.30. The van der Waals surface area contributed by atoms with Crippen molar-refractivity contribution in [2.24, 2.45) is 0 Å². The number of hydrogen-bond donors (Lipinski definition) is 1. The van der Waals surface area contributed by atoms with Crippen molar-refractivity contribution >= 4 is 45.1 Å². The Morgan fingerprint density at radius 1 is 1.19 bits per heavy atom. The van der Waals surface area contributed by atoms with Gasteiger partial charge < -0.3 is 14.3 Å². The zero-order valence-corrected chi connectivity index (χ0v) is 20.0. The largest absolute Gasteiger partial charge is 0.503 e. The van der Waals surface area contributed by atoms with Crippen molar-refractivity contribution in [3.8, 4) is 0 Å². The van der Waals surface area contributed by atoms with Crippen LogP contribution in [0.5, 0.6) is 0 Å². The van der Waals surface area contributed by atoms with Crippen LogP contribution >= 0.6 is 11.3 Å². The number of anilines is 1. The highest BCUT2D eigenvalue weighted by Crippen LogP contribution is 2.44. The maximum atomic E-state index is 15.0. The predicted molar refractivity (Wildman–Crippen MR) is 130 cm³/mol. The van der Waals surface area contributed by atoms with Gasteiger partial charge in [0, 0.05) is 10.9 Å². The second-order valence-electron chi connectivity index (χ2n) is 7.97. The molecule has 36 heavy (non-hydrogen) atoms. The van der Waals surface area contributed by atoms with E-state index >= 15 is 4.39 Å². The van der Waals surface area contributed by atoms with Crippen LogP contribution in [0.3, 0.4) is 0 Å². The summed E-state index contributed by atoms with van der Waals surface area (Å²) in [7, 11) is 0. The number of Topliss-reactive ketones (excluding diaryl/α,β-unsaturated/α-hetero) is 1. The first kappa shape index (κ1) is 23.4. The molecule has 1 atom stereocenters. The van der Waals surface area contributed by atoms with Gasteiger partial charge in [-0.25, -0.2) is 14.2 Å². The summed E-state index contributed by atoms with van der Waals surface area (Å²) in [5, 5.41) is 11.5. The monoisotopic (exact) mass is 506 g/mol. The van der Waals surface area contributed by atoms with Crippen molar-refractivity contribution in [2.75, 3.05) is 11.5 Å². The summed E-state index contributed by atoms with van der Waals surface area (Å²) >= 11 is 0.853. The average Bonchev–Trinajstić information content (AvgIpc) is 3.53. The second-order valence-corrected chi connectivity index (χ2v) is 8.95. The highest BCUT2D eigenvalue weighted by atomic mass is 32.1. The number of carbonyl (C=O) groups is 3. The Hall–Kier alpha value is -4.31. The van der Waals surface area contributed by atoms with Crippen molar-refractivity contribution < 1.29 is 33.0 Å². The third-order valence-corrected chi connectivity index (χ3v) is 6.89. The van der Waals surface area contributed by atoms with Crippen LogP contribution in [0.1, 0.15) is 44.4 Å². The maximum absolute atomic E-state index is 15.0. The van der Waals surface area contributed by atoms with E-state index in [9.17, 15) is 19.5 Å². The third-order valence-electron chi connectivity index (χ3n) is 5.75. The molecule has 182 valence electrons. The number of fused-ring (bicyclic) bond motifs is 1. The summed E-state index contributed by atoms with van der Waals surface area (Å²) < 4.78 is 25.8. The lowest BCUT2D eigenvalue weighted by Crippen LogP contribution is -2.31. The molecular formula is C26H19FN2O6S. The molecule has 1 N–H and O–H groups in total. The van der Waals surface area contributed by atoms with Crippen LogP contribution in [-0.4, -0.2) is 34.4 Å². The Morgan fingerprint density at radius 2 is 1.92 bits per heavy atom. The summed E-state index contributed by atoms with van der Waals surface area (Å²) in [6.45, 7) is 3.37. The number of aromatic nitrogens is 1. The quantitative estimate of drug-likeness (QED) is 0.279. The Kier molecular flexibility index (Phi) is 5.89. The Bertz CT molecular complexity index is 1540. The number of rotatable bonds is 6. The van der Waals surface area contributed by atoms with Crippen molar-refractivity contribution in [3.05, 3.63) is 93.6 Å². The van der Waals surface area contributed by atoms with Gasteiger partial charge in [-0.3, -0.25) is 14.5 Å². The fourth-order valence-electron chi connectivity index (χ4n) is 4.12. The van der Waals surface area contributed by atoms with Crippen molar-refractivity contribution in [3.63, 3.8) is 0 Å². The molecule has 0 radical (unpaired) electrons. The number of ketones is 1. The number of aliphatic hydroxyl groups is 1. The van der Waals surface area contributed by atoms with Gasteiger partial charge in [0.1, 0.15) is 22.3 Å². The number of esters is 1. The minimum Gasteiger partial charge on any atom is -0.503 e. The molecule has 1 amide bonds. The normalized spacial score (nSPS) is 15.7. The molecule has 2 aromatic heterocycles. The first-order valence-electron chi connectivity index (χ1n) is 11.0. The number of halogens is 1.